The van der Waals surface area contributed by atoms with Crippen LogP contribution in [0.2, 0.25) is 0 Å². The standard InChI is InChI=1S/C15H19N3O3S/c1-21-15(20)14-18(8-9-22-14)13(19)12-10-17(12)7-5-11-4-2-3-6-16-11/h2-4,6,12,14H,5,7-10H2,1H3. The van der Waals surface area contributed by atoms with Gasteiger partial charge in [0.15, 0.2) is 5.37 Å². The highest BCUT2D eigenvalue weighted by Crippen LogP contribution is 2.29. The van der Waals surface area contributed by atoms with E-state index in [-0.39, 0.29) is 17.9 Å². The second-order valence-electron chi connectivity index (χ2n) is 5.36. The minimum atomic E-state index is -0.476. The molecule has 0 aliphatic carbocycles. The molecule has 2 aliphatic rings. The van der Waals surface area contributed by atoms with E-state index in [9.17, 15) is 9.59 Å². The van der Waals surface area contributed by atoms with Crippen molar-refractivity contribution in [2.45, 2.75) is 17.8 Å². The zero-order valence-corrected chi connectivity index (χ0v) is 13.3. The number of pyridine rings is 1. The highest BCUT2D eigenvalue weighted by molar-refractivity contribution is 8.00. The number of rotatable bonds is 5. The first-order valence-corrected chi connectivity index (χ1v) is 8.39. The van der Waals surface area contributed by atoms with Crippen LogP contribution in [0.5, 0.6) is 0 Å². The van der Waals surface area contributed by atoms with E-state index < -0.39 is 5.37 Å². The number of nitrogens with zero attached hydrogens (tertiary/aromatic N) is 3. The van der Waals surface area contributed by atoms with Crippen LogP contribution in [0.25, 0.3) is 0 Å². The van der Waals surface area contributed by atoms with Crippen molar-refractivity contribution >= 4 is 23.6 Å². The summed E-state index contributed by atoms with van der Waals surface area (Å²) in [5.74, 6) is 0.490. The SMILES string of the molecule is COC(=O)C1SCCN1C(=O)C1CN1CCc1ccccn1. The molecule has 0 saturated carbocycles. The van der Waals surface area contributed by atoms with Crippen molar-refractivity contribution in [3.8, 4) is 0 Å². The maximum atomic E-state index is 12.5. The molecule has 0 radical (unpaired) electrons. The van der Waals surface area contributed by atoms with Crippen molar-refractivity contribution in [2.75, 3.05) is 32.5 Å². The van der Waals surface area contributed by atoms with Gasteiger partial charge in [-0.25, -0.2) is 4.79 Å². The maximum Gasteiger partial charge on any atom is 0.339 e. The van der Waals surface area contributed by atoms with Crippen LogP contribution in [0.4, 0.5) is 0 Å². The van der Waals surface area contributed by atoms with Crippen molar-refractivity contribution in [2.24, 2.45) is 0 Å². The van der Waals surface area contributed by atoms with Gasteiger partial charge in [-0.15, -0.1) is 11.8 Å². The Bertz CT molecular complexity index is 554. The first-order chi connectivity index (χ1) is 10.7. The lowest BCUT2D eigenvalue weighted by Gasteiger charge is -2.21. The van der Waals surface area contributed by atoms with Crippen molar-refractivity contribution < 1.29 is 14.3 Å². The fraction of sp³-hybridized carbons (Fsp3) is 0.533. The van der Waals surface area contributed by atoms with E-state index >= 15 is 0 Å². The first-order valence-electron chi connectivity index (χ1n) is 7.34. The summed E-state index contributed by atoms with van der Waals surface area (Å²) < 4.78 is 4.77. The van der Waals surface area contributed by atoms with Crippen molar-refractivity contribution in [1.29, 1.82) is 0 Å². The van der Waals surface area contributed by atoms with E-state index in [2.05, 4.69) is 9.88 Å². The van der Waals surface area contributed by atoms with Gasteiger partial charge < -0.3 is 9.64 Å². The number of hydrogen-bond donors (Lipinski definition) is 0. The molecule has 7 heteroatoms. The Morgan fingerprint density at radius 1 is 1.45 bits per heavy atom. The summed E-state index contributed by atoms with van der Waals surface area (Å²) in [5, 5.41) is -0.476. The van der Waals surface area contributed by atoms with E-state index in [1.165, 1.54) is 18.9 Å². The van der Waals surface area contributed by atoms with E-state index in [1.807, 2.05) is 18.2 Å². The van der Waals surface area contributed by atoms with Gasteiger partial charge >= 0.3 is 5.97 Å². The zero-order valence-electron chi connectivity index (χ0n) is 12.5. The monoisotopic (exact) mass is 321 g/mol. The molecule has 6 nitrogen and oxygen atoms in total. The Morgan fingerprint density at radius 3 is 3.05 bits per heavy atom. The molecule has 0 N–H and O–H groups in total. The Hall–Kier alpha value is -1.60. The van der Waals surface area contributed by atoms with Crippen molar-refractivity contribution in [3.63, 3.8) is 0 Å². The number of thioether (sulfide) groups is 1. The van der Waals surface area contributed by atoms with Crippen LogP contribution in [0.15, 0.2) is 24.4 Å². The van der Waals surface area contributed by atoms with Gasteiger partial charge in [-0.1, -0.05) is 6.07 Å². The van der Waals surface area contributed by atoms with Crippen LogP contribution >= 0.6 is 11.8 Å². The molecule has 2 aliphatic heterocycles. The summed E-state index contributed by atoms with van der Waals surface area (Å²) in [6.07, 6.45) is 2.61. The van der Waals surface area contributed by atoms with Crippen LogP contribution in [-0.4, -0.2) is 70.6 Å². The van der Waals surface area contributed by atoms with Crippen molar-refractivity contribution in [3.05, 3.63) is 30.1 Å². The number of amides is 1. The molecule has 3 rings (SSSR count). The predicted octanol–water partition coefficient (Wildman–Crippen LogP) is 0.383. The molecule has 1 amide bonds. The average Bonchev–Trinajstić information content (AvgIpc) is 3.17. The molecule has 1 aromatic heterocycles. The van der Waals surface area contributed by atoms with Crippen LogP contribution in [0.3, 0.4) is 0 Å². The first kappa shape index (κ1) is 15.3. The summed E-state index contributed by atoms with van der Waals surface area (Å²) in [4.78, 5) is 32.3. The van der Waals surface area contributed by atoms with Gasteiger partial charge in [-0.2, -0.15) is 0 Å². The average molecular weight is 321 g/mol. The molecule has 0 bridgehead atoms. The Morgan fingerprint density at radius 2 is 2.32 bits per heavy atom. The maximum absolute atomic E-state index is 12.5. The topological polar surface area (TPSA) is 62.5 Å². The molecule has 0 spiro atoms. The quantitative estimate of drug-likeness (QED) is 0.577. The summed E-state index contributed by atoms with van der Waals surface area (Å²) in [5.41, 5.74) is 1.03. The lowest BCUT2D eigenvalue weighted by atomic mass is 10.3. The van der Waals surface area contributed by atoms with Gasteiger partial charge in [0, 0.05) is 43.7 Å². The molecule has 118 valence electrons. The second-order valence-corrected chi connectivity index (χ2v) is 6.55. The number of hydrogen-bond acceptors (Lipinski definition) is 6. The molecular weight excluding hydrogens is 302 g/mol. The number of ether oxygens (including phenoxy) is 1. The Labute approximate surface area is 133 Å². The number of carbonyl (C=O) groups is 2. The molecule has 22 heavy (non-hydrogen) atoms. The molecule has 3 atom stereocenters. The van der Waals surface area contributed by atoms with Gasteiger partial charge in [0.1, 0.15) is 6.04 Å². The summed E-state index contributed by atoms with van der Waals surface area (Å²) >= 11 is 1.47. The highest BCUT2D eigenvalue weighted by Gasteiger charge is 2.46. The number of esters is 1. The van der Waals surface area contributed by atoms with Crippen LogP contribution < -0.4 is 0 Å². The number of methoxy groups -OCH3 is 1. The van der Waals surface area contributed by atoms with Gasteiger partial charge in [0.25, 0.3) is 0 Å². The summed E-state index contributed by atoms with van der Waals surface area (Å²) in [6.45, 7) is 2.20. The van der Waals surface area contributed by atoms with Crippen LogP contribution in [0.1, 0.15) is 5.69 Å². The Balaban J connectivity index is 1.51. The van der Waals surface area contributed by atoms with Crippen molar-refractivity contribution in [1.82, 2.24) is 14.8 Å². The van der Waals surface area contributed by atoms with Gasteiger partial charge in [-0.05, 0) is 12.1 Å². The smallest absolute Gasteiger partial charge is 0.339 e. The Kier molecular flexibility index (Phi) is 4.63. The summed E-state index contributed by atoms with van der Waals surface area (Å²) in [6, 6.07) is 5.76. The summed E-state index contributed by atoms with van der Waals surface area (Å²) in [7, 11) is 1.36. The minimum Gasteiger partial charge on any atom is -0.467 e. The molecule has 3 heterocycles. The normalized spacial score (nSPS) is 26.8. The van der Waals surface area contributed by atoms with Gasteiger partial charge in [0.2, 0.25) is 5.91 Å². The molecule has 2 saturated heterocycles. The third kappa shape index (κ3) is 3.25. The lowest BCUT2D eigenvalue weighted by Crippen LogP contribution is -2.43. The fourth-order valence-corrected chi connectivity index (χ4v) is 3.79. The molecule has 0 aromatic carbocycles. The zero-order chi connectivity index (χ0) is 15.5. The number of aromatic nitrogens is 1. The van der Waals surface area contributed by atoms with E-state index in [4.69, 9.17) is 4.74 Å². The third-order valence-electron chi connectivity index (χ3n) is 3.96. The van der Waals surface area contributed by atoms with E-state index in [1.54, 1.807) is 11.1 Å². The van der Waals surface area contributed by atoms with Crippen LogP contribution in [-0.2, 0) is 20.7 Å². The highest BCUT2D eigenvalue weighted by atomic mass is 32.2. The molecule has 2 fully saturated rings. The molecule has 3 unspecified atom stereocenters. The largest absolute Gasteiger partial charge is 0.467 e. The molecular formula is C15H19N3O3S. The van der Waals surface area contributed by atoms with Crippen LogP contribution in [0, 0.1) is 0 Å². The minimum absolute atomic E-state index is 0.0430. The molecule has 1 aromatic rings. The van der Waals surface area contributed by atoms with E-state index in [0.29, 0.717) is 6.54 Å². The second kappa shape index (κ2) is 6.66. The van der Waals surface area contributed by atoms with Gasteiger partial charge in [-0.3, -0.25) is 14.7 Å². The fourth-order valence-electron chi connectivity index (χ4n) is 2.64. The van der Waals surface area contributed by atoms with E-state index in [0.717, 1.165) is 31.0 Å². The number of carbonyl (C=O) groups excluding carboxylic acids is 2. The third-order valence-corrected chi connectivity index (χ3v) is 5.14. The van der Waals surface area contributed by atoms with Gasteiger partial charge in [0.05, 0.1) is 7.11 Å². The predicted molar refractivity (Wildman–Crippen MR) is 83.3 cm³/mol. The lowest BCUT2D eigenvalue weighted by molar-refractivity contribution is -0.148.